The van der Waals surface area contributed by atoms with E-state index in [0.29, 0.717) is 5.75 Å². The molecule has 3 heterocycles. The van der Waals surface area contributed by atoms with E-state index >= 15 is 0 Å². The zero-order valence-electron chi connectivity index (χ0n) is 16.6. The average Bonchev–Trinajstić information content (AvgIpc) is 3.25. The number of hydrogen-bond donors (Lipinski definition) is 6. The smallest absolute Gasteiger partial charge is 0.280 e. The summed E-state index contributed by atoms with van der Waals surface area (Å²) in [6.45, 7) is -0.523. The maximum atomic E-state index is 12.3. The molecule has 0 spiro atoms. The highest BCUT2D eigenvalue weighted by molar-refractivity contribution is 9.10. The number of benzene rings is 1. The van der Waals surface area contributed by atoms with Gasteiger partial charge in [-0.3, -0.25) is 14.3 Å². The third-order valence-corrected chi connectivity index (χ3v) is 5.51. The van der Waals surface area contributed by atoms with Crippen LogP contribution in [0.3, 0.4) is 0 Å². The number of nitrogens with one attached hydrogen (secondary N) is 2. The summed E-state index contributed by atoms with van der Waals surface area (Å²) in [4.78, 5) is 22.9. The van der Waals surface area contributed by atoms with E-state index in [0.717, 1.165) is 10.0 Å². The lowest BCUT2D eigenvalue weighted by atomic mass is 10.1. The first-order valence-corrected chi connectivity index (χ1v) is 10.2. The molecule has 0 aliphatic carbocycles. The van der Waals surface area contributed by atoms with Crippen molar-refractivity contribution in [1.29, 1.82) is 0 Å². The minimum absolute atomic E-state index is 0.00210. The van der Waals surface area contributed by atoms with E-state index in [1.165, 1.54) is 10.8 Å². The number of nitrogen functional groups attached to an aromatic ring is 1. The van der Waals surface area contributed by atoms with Gasteiger partial charge in [-0.05, 0) is 39.7 Å². The van der Waals surface area contributed by atoms with Gasteiger partial charge in [-0.2, -0.15) is 10.1 Å². The number of fused-ring (bicyclic) bond motifs is 1. The number of hydrazone groups is 1. The number of H-pyrrole nitrogens is 1. The van der Waals surface area contributed by atoms with Crippen molar-refractivity contribution in [2.75, 3.05) is 24.9 Å². The van der Waals surface area contributed by atoms with Gasteiger partial charge in [0, 0.05) is 0 Å². The van der Waals surface area contributed by atoms with E-state index in [9.17, 15) is 20.1 Å². The van der Waals surface area contributed by atoms with Gasteiger partial charge in [0.25, 0.3) is 5.56 Å². The maximum absolute atomic E-state index is 12.3. The topological polar surface area (TPSA) is 193 Å². The number of nitrogens with two attached hydrogens (primary N) is 1. The zero-order chi connectivity index (χ0) is 23.0. The van der Waals surface area contributed by atoms with E-state index in [1.807, 2.05) is 0 Å². The molecular formula is C18H20BrN7O6. The van der Waals surface area contributed by atoms with Crippen LogP contribution in [0.1, 0.15) is 11.8 Å². The van der Waals surface area contributed by atoms with Crippen molar-refractivity contribution in [2.45, 2.75) is 24.5 Å². The fraction of sp³-hybridized carbons (Fsp3) is 0.333. The summed E-state index contributed by atoms with van der Waals surface area (Å²) in [6, 6.07) is 5.31. The zero-order valence-corrected chi connectivity index (χ0v) is 18.2. The van der Waals surface area contributed by atoms with Gasteiger partial charge in [0.05, 0.1) is 24.4 Å². The molecule has 0 bridgehead atoms. The predicted octanol–water partition coefficient (Wildman–Crippen LogP) is -0.470. The molecule has 4 atom stereocenters. The molecule has 0 amide bonds. The predicted molar refractivity (Wildman–Crippen MR) is 117 cm³/mol. The molecule has 170 valence electrons. The van der Waals surface area contributed by atoms with Gasteiger partial charge in [0.2, 0.25) is 11.9 Å². The number of halogens is 1. The van der Waals surface area contributed by atoms with Crippen molar-refractivity contribution < 1.29 is 24.8 Å². The fourth-order valence-electron chi connectivity index (χ4n) is 3.34. The summed E-state index contributed by atoms with van der Waals surface area (Å²) < 4.78 is 12.8. The number of imidazole rings is 1. The van der Waals surface area contributed by atoms with E-state index in [4.69, 9.17) is 15.2 Å². The molecular weight excluding hydrogens is 490 g/mol. The normalized spacial score (nSPS) is 23.3. The molecule has 0 unspecified atom stereocenters. The molecule has 1 saturated heterocycles. The second-order valence-electron chi connectivity index (χ2n) is 6.92. The minimum atomic E-state index is -1.44. The average molecular weight is 510 g/mol. The Labute approximate surface area is 188 Å². The van der Waals surface area contributed by atoms with Crippen molar-refractivity contribution in [1.82, 2.24) is 19.5 Å². The molecule has 0 radical (unpaired) electrons. The van der Waals surface area contributed by atoms with Crippen LogP contribution in [0.15, 0.2) is 32.6 Å². The summed E-state index contributed by atoms with van der Waals surface area (Å²) in [5.74, 6) is 0.486. The quantitative estimate of drug-likeness (QED) is 0.187. The summed E-state index contributed by atoms with van der Waals surface area (Å²) in [5.41, 5.74) is 8.40. The molecule has 2 aromatic heterocycles. The first kappa shape index (κ1) is 22.2. The summed E-state index contributed by atoms with van der Waals surface area (Å²) in [7, 11) is 1.56. The van der Waals surface area contributed by atoms with Crippen LogP contribution in [0.2, 0.25) is 0 Å². The van der Waals surface area contributed by atoms with E-state index in [2.05, 4.69) is 41.4 Å². The minimum Gasteiger partial charge on any atom is -0.496 e. The van der Waals surface area contributed by atoms with Crippen molar-refractivity contribution in [3.8, 4) is 5.75 Å². The Kier molecular flexibility index (Phi) is 6.12. The number of aromatic amines is 1. The lowest BCUT2D eigenvalue weighted by Crippen LogP contribution is -2.33. The maximum Gasteiger partial charge on any atom is 0.280 e. The number of aromatic nitrogens is 4. The van der Waals surface area contributed by atoms with E-state index in [-0.39, 0.29) is 23.1 Å². The van der Waals surface area contributed by atoms with Crippen LogP contribution in [0, 0.1) is 0 Å². The Balaban J connectivity index is 1.73. The van der Waals surface area contributed by atoms with Crippen LogP contribution in [0.4, 0.5) is 11.9 Å². The largest absolute Gasteiger partial charge is 0.496 e. The number of hydrogen-bond acceptors (Lipinski definition) is 11. The Morgan fingerprint density at radius 1 is 1.41 bits per heavy atom. The van der Waals surface area contributed by atoms with Gasteiger partial charge in [0.15, 0.2) is 17.4 Å². The first-order chi connectivity index (χ1) is 15.3. The molecule has 4 rings (SSSR count). The highest BCUT2D eigenvalue weighted by Gasteiger charge is 2.45. The second kappa shape index (κ2) is 8.84. The van der Waals surface area contributed by atoms with Crippen LogP contribution < -0.4 is 21.5 Å². The Morgan fingerprint density at radius 3 is 2.84 bits per heavy atom. The summed E-state index contributed by atoms with van der Waals surface area (Å²) >= 11 is 3.39. The molecule has 1 aromatic carbocycles. The van der Waals surface area contributed by atoms with Gasteiger partial charge < -0.3 is 30.5 Å². The summed E-state index contributed by atoms with van der Waals surface area (Å²) in [6.07, 6.45) is -3.56. The van der Waals surface area contributed by atoms with Crippen LogP contribution in [-0.4, -0.2) is 73.1 Å². The first-order valence-electron chi connectivity index (χ1n) is 9.36. The Morgan fingerprint density at radius 2 is 2.19 bits per heavy atom. The van der Waals surface area contributed by atoms with Gasteiger partial charge in [-0.1, -0.05) is 0 Å². The molecule has 1 aliphatic heterocycles. The van der Waals surface area contributed by atoms with Crippen molar-refractivity contribution in [2.24, 2.45) is 5.10 Å². The summed E-state index contributed by atoms with van der Waals surface area (Å²) in [5, 5.41) is 34.2. The molecule has 7 N–H and O–H groups in total. The molecule has 1 aliphatic rings. The third-order valence-electron chi connectivity index (χ3n) is 4.89. The van der Waals surface area contributed by atoms with Gasteiger partial charge >= 0.3 is 0 Å². The van der Waals surface area contributed by atoms with Crippen LogP contribution in [0.5, 0.6) is 5.75 Å². The molecule has 14 heteroatoms. The van der Waals surface area contributed by atoms with Gasteiger partial charge in [-0.25, -0.2) is 10.4 Å². The van der Waals surface area contributed by atoms with Crippen LogP contribution in [-0.2, 0) is 4.74 Å². The molecule has 13 nitrogen and oxygen atoms in total. The highest BCUT2D eigenvalue weighted by atomic mass is 79.9. The lowest BCUT2D eigenvalue weighted by molar-refractivity contribution is -0.0501. The number of ether oxygens (including phenoxy) is 2. The lowest BCUT2D eigenvalue weighted by Gasteiger charge is -2.18. The SMILES string of the molecule is COc1ccc(/C=N\Nc2nc3c(=O)[nH]c(N)nc3n2[C@@H]2O[C@H](CO)[C@H](O)[C@@H]2O)cc1Br. The second-order valence-corrected chi connectivity index (χ2v) is 7.78. The molecule has 3 aromatic rings. The van der Waals surface area contributed by atoms with Gasteiger partial charge in [-0.15, -0.1) is 0 Å². The number of rotatable bonds is 6. The number of nitrogens with zero attached hydrogens (tertiary/aromatic N) is 4. The standard InChI is InChI=1S/C18H20BrN7O6/c1-31-9-3-2-7(4-8(9)19)5-21-25-18-22-11-14(23-17(20)24-15(11)30)26(18)16-13(29)12(28)10(6-27)32-16/h2-5,10,12-13,16,27-29H,6H2,1H3,(H,22,25)(H3,20,23,24,30)/b21-5-/t10-,12+,13+,16-/m1/s1. The molecule has 1 fully saturated rings. The number of anilines is 2. The molecule has 32 heavy (non-hydrogen) atoms. The van der Waals surface area contributed by atoms with Crippen molar-refractivity contribution in [3.05, 3.63) is 38.6 Å². The van der Waals surface area contributed by atoms with Crippen LogP contribution in [0.25, 0.3) is 11.2 Å². The van der Waals surface area contributed by atoms with Crippen molar-refractivity contribution >= 4 is 45.2 Å². The fourth-order valence-corrected chi connectivity index (χ4v) is 3.90. The number of aliphatic hydroxyl groups excluding tert-OH is 3. The van der Waals surface area contributed by atoms with E-state index in [1.54, 1.807) is 25.3 Å². The number of methoxy groups -OCH3 is 1. The number of aliphatic hydroxyl groups is 3. The highest BCUT2D eigenvalue weighted by Crippen LogP contribution is 2.34. The third kappa shape index (κ3) is 3.93. The van der Waals surface area contributed by atoms with E-state index < -0.39 is 36.7 Å². The Bertz CT molecular complexity index is 1230. The van der Waals surface area contributed by atoms with Crippen LogP contribution >= 0.6 is 15.9 Å². The Hall–Kier alpha value is -3.04. The monoisotopic (exact) mass is 509 g/mol. The van der Waals surface area contributed by atoms with Crippen molar-refractivity contribution in [3.63, 3.8) is 0 Å². The molecule has 0 saturated carbocycles. The van der Waals surface area contributed by atoms with Gasteiger partial charge in [0.1, 0.15) is 24.1 Å².